The molecular formula is C24H27ClN6O. The molecule has 2 N–H and O–H groups in total. The molecule has 1 aliphatic carbocycles. The molecule has 0 bridgehead atoms. The van der Waals surface area contributed by atoms with E-state index in [1.165, 1.54) is 16.7 Å². The van der Waals surface area contributed by atoms with Crippen LogP contribution in [0.3, 0.4) is 0 Å². The molecule has 0 amide bonds. The number of ether oxygens (including phenoxy) is 1. The third-order valence-corrected chi connectivity index (χ3v) is 6.31. The van der Waals surface area contributed by atoms with Crippen LogP contribution < -0.4 is 20.3 Å². The number of benzene rings is 1. The second-order valence-corrected chi connectivity index (χ2v) is 9.06. The van der Waals surface area contributed by atoms with Crippen LogP contribution in [0.25, 0.3) is 6.08 Å². The maximum Gasteiger partial charge on any atom is 0.325 e. The molecule has 2 aliphatic heterocycles. The Morgan fingerprint density at radius 1 is 1.19 bits per heavy atom. The van der Waals surface area contributed by atoms with Crippen molar-refractivity contribution in [2.24, 2.45) is 4.99 Å². The molecule has 1 aromatic carbocycles. The van der Waals surface area contributed by atoms with Gasteiger partial charge in [0.25, 0.3) is 0 Å². The first-order valence-electron chi connectivity index (χ1n) is 11.0. The van der Waals surface area contributed by atoms with Crippen LogP contribution in [0.5, 0.6) is 11.8 Å². The van der Waals surface area contributed by atoms with Crippen molar-refractivity contribution in [2.45, 2.75) is 33.2 Å². The summed E-state index contributed by atoms with van der Waals surface area (Å²) in [4.78, 5) is 16.1. The van der Waals surface area contributed by atoms with E-state index in [0.29, 0.717) is 29.2 Å². The maximum atomic E-state index is 6.69. The Morgan fingerprint density at radius 3 is 2.84 bits per heavy atom. The molecule has 0 radical (unpaired) electrons. The van der Waals surface area contributed by atoms with Crippen molar-refractivity contribution in [1.82, 2.24) is 15.3 Å². The Labute approximate surface area is 193 Å². The first kappa shape index (κ1) is 21.0. The molecule has 7 nitrogen and oxygen atoms in total. The molecule has 1 aromatic heterocycles. The summed E-state index contributed by atoms with van der Waals surface area (Å²) in [6.45, 7) is 9.73. The summed E-state index contributed by atoms with van der Waals surface area (Å²) in [5, 5.41) is 7.33. The van der Waals surface area contributed by atoms with Crippen molar-refractivity contribution in [2.75, 3.05) is 36.4 Å². The lowest BCUT2D eigenvalue weighted by molar-refractivity contribution is 0.438. The number of piperazine rings is 1. The zero-order valence-electron chi connectivity index (χ0n) is 18.6. The van der Waals surface area contributed by atoms with Crippen molar-refractivity contribution in [3.8, 4) is 11.8 Å². The Kier molecular flexibility index (Phi) is 5.61. The monoisotopic (exact) mass is 450 g/mol. The standard InChI is InChI=1S/C24H27ClN6O/c1-14-8-17-4-5-19(23(25)18(17)9-14)32-24-29-21(28-20-10-15(2)12-27-20)11-22(30-24)31-7-6-26-13-16(31)3/h4-5,9-11,16,26H,6-8,12-13H2,1-3H3,(H,27,28,29,30). The second-order valence-electron chi connectivity index (χ2n) is 8.68. The lowest BCUT2D eigenvalue weighted by atomic mass is 10.1. The number of halogens is 1. The van der Waals surface area contributed by atoms with Gasteiger partial charge in [0, 0.05) is 37.3 Å². The average molecular weight is 451 g/mol. The van der Waals surface area contributed by atoms with Crippen LogP contribution >= 0.6 is 11.6 Å². The average Bonchev–Trinajstić information content (AvgIpc) is 3.35. The van der Waals surface area contributed by atoms with Gasteiger partial charge in [-0.1, -0.05) is 29.3 Å². The van der Waals surface area contributed by atoms with Crippen LogP contribution in [0.1, 0.15) is 31.9 Å². The van der Waals surface area contributed by atoms with E-state index < -0.39 is 0 Å². The lowest BCUT2D eigenvalue weighted by Gasteiger charge is -2.35. The largest absolute Gasteiger partial charge is 0.423 e. The highest BCUT2D eigenvalue weighted by molar-refractivity contribution is 6.33. The Bertz CT molecular complexity index is 1160. The number of allylic oxidation sites excluding steroid dienone is 1. The van der Waals surface area contributed by atoms with Gasteiger partial charge in [-0.2, -0.15) is 9.97 Å². The van der Waals surface area contributed by atoms with Crippen LogP contribution in [-0.2, 0) is 6.42 Å². The van der Waals surface area contributed by atoms with Gasteiger partial charge in [-0.25, -0.2) is 0 Å². The summed E-state index contributed by atoms with van der Waals surface area (Å²) in [5.74, 6) is 2.82. The normalized spacial score (nSPS) is 19.9. The third-order valence-electron chi connectivity index (χ3n) is 5.92. The van der Waals surface area contributed by atoms with Crippen molar-refractivity contribution in [3.05, 3.63) is 51.6 Å². The predicted molar refractivity (Wildman–Crippen MR) is 130 cm³/mol. The summed E-state index contributed by atoms with van der Waals surface area (Å²) in [6, 6.07) is 6.48. The van der Waals surface area contributed by atoms with Crippen molar-refractivity contribution < 1.29 is 4.74 Å². The van der Waals surface area contributed by atoms with E-state index in [-0.39, 0.29) is 6.01 Å². The van der Waals surface area contributed by atoms with Gasteiger partial charge in [0.05, 0.1) is 11.6 Å². The zero-order chi connectivity index (χ0) is 22.2. The van der Waals surface area contributed by atoms with E-state index in [1.807, 2.05) is 18.2 Å². The smallest absolute Gasteiger partial charge is 0.325 e. The van der Waals surface area contributed by atoms with Gasteiger partial charge in [0.1, 0.15) is 23.2 Å². The zero-order valence-corrected chi connectivity index (χ0v) is 19.3. The number of amidine groups is 1. The minimum Gasteiger partial charge on any atom is -0.423 e. The van der Waals surface area contributed by atoms with Gasteiger partial charge in [0.2, 0.25) is 0 Å². The minimum absolute atomic E-state index is 0.260. The molecule has 32 heavy (non-hydrogen) atoms. The molecular weight excluding hydrogens is 424 g/mol. The number of hydrogen-bond donors (Lipinski definition) is 2. The summed E-state index contributed by atoms with van der Waals surface area (Å²) in [6.07, 6.45) is 5.07. The van der Waals surface area contributed by atoms with E-state index in [1.54, 1.807) is 0 Å². The van der Waals surface area contributed by atoms with E-state index in [2.05, 4.69) is 58.4 Å². The summed E-state index contributed by atoms with van der Waals surface area (Å²) >= 11 is 6.69. The number of rotatable bonds is 4. The summed E-state index contributed by atoms with van der Waals surface area (Å²) < 4.78 is 6.14. The molecule has 3 heterocycles. The number of aromatic nitrogens is 2. The molecule has 0 spiro atoms. The van der Waals surface area contributed by atoms with Crippen LogP contribution in [0.15, 0.2) is 40.4 Å². The molecule has 2 aromatic rings. The lowest BCUT2D eigenvalue weighted by Crippen LogP contribution is -2.50. The number of anilines is 2. The predicted octanol–water partition coefficient (Wildman–Crippen LogP) is 4.45. The molecule has 1 fully saturated rings. The van der Waals surface area contributed by atoms with Gasteiger partial charge >= 0.3 is 6.01 Å². The topological polar surface area (TPSA) is 74.7 Å². The Morgan fingerprint density at radius 2 is 2.06 bits per heavy atom. The van der Waals surface area contributed by atoms with Crippen LogP contribution in [0, 0.1) is 0 Å². The Balaban J connectivity index is 1.49. The SMILES string of the molecule is CC1=CC(Nc2cc(N3CCNCC3C)nc(Oc3ccc4c(c3Cl)C=C(C)C4)n2)=NC1. The van der Waals surface area contributed by atoms with Gasteiger partial charge in [-0.3, -0.25) is 4.99 Å². The fourth-order valence-electron chi connectivity index (χ4n) is 4.29. The molecule has 0 saturated carbocycles. The highest BCUT2D eigenvalue weighted by atomic mass is 35.5. The third kappa shape index (κ3) is 4.23. The van der Waals surface area contributed by atoms with E-state index in [0.717, 1.165) is 43.3 Å². The van der Waals surface area contributed by atoms with Crippen LogP contribution in [0.2, 0.25) is 5.02 Å². The van der Waals surface area contributed by atoms with Gasteiger partial charge in [-0.15, -0.1) is 0 Å². The quantitative estimate of drug-likeness (QED) is 0.716. The summed E-state index contributed by atoms with van der Waals surface area (Å²) in [5.41, 5.74) is 4.74. The molecule has 8 heteroatoms. The fraction of sp³-hybridized carbons (Fsp3) is 0.375. The number of hydrogen-bond acceptors (Lipinski definition) is 7. The van der Waals surface area contributed by atoms with Gasteiger partial charge in [0.15, 0.2) is 0 Å². The van der Waals surface area contributed by atoms with Crippen molar-refractivity contribution in [1.29, 1.82) is 0 Å². The molecule has 1 atom stereocenters. The van der Waals surface area contributed by atoms with Crippen molar-refractivity contribution >= 4 is 35.1 Å². The second kappa shape index (κ2) is 8.56. The van der Waals surface area contributed by atoms with Crippen LogP contribution in [0.4, 0.5) is 11.6 Å². The number of fused-ring (bicyclic) bond motifs is 1. The van der Waals surface area contributed by atoms with E-state index in [9.17, 15) is 0 Å². The maximum absolute atomic E-state index is 6.69. The number of nitrogens with zero attached hydrogens (tertiary/aromatic N) is 4. The highest BCUT2D eigenvalue weighted by Gasteiger charge is 2.23. The number of aliphatic imine (C=N–C) groups is 1. The minimum atomic E-state index is 0.260. The van der Waals surface area contributed by atoms with E-state index >= 15 is 0 Å². The van der Waals surface area contributed by atoms with E-state index in [4.69, 9.17) is 21.3 Å². The molecule has 3 aliphatic rings. The number of nitrogens with one attached hydrogen (secondary N) is 2. The summed E-state index contributed by atoms with van der Waals surface area (Å²) in [7, 11) is 0. The fourth-order valence-corrected chi connectivity index (χ4v) is 4.57. The van der Waals surface area contributed by atoms with Crippen molar-refractivity contribution in [3.63, 3.8) is 0 Å². The molecule has 166 valence electrons. The molecule has 1 unspecified atom stereocenters. The highest BCUT2D eigenvalue weighted by Crippen LogP contribution is 2.38. The van der Waals surface area contributed by atoms with Gasteiger partial charge in [-0.05, 0) is 50.5 Å². The Hall–Kier alpha value is -2.90. The first-order valence-corrected chi connectivity index (χ1v) is 11.4. The van der Waals surface area contributed by atoms with Crippen LogP contribution in [-0.4, -0.2) is 48.0 Å². The first-order chi connectivity index (χ1) is 15.5. The van der Waals surface area contributed by atoms with Gasteiger partial charge < -0.3 is 20.3 Å². The molecule has 1 saturated heterocycles. The molecule has 5 rings (SSSR count).